The van der Waals surface area contributed by atoms with Gasteiger partial charge in [-0.15, -0.1) is 0 Å². The summed E-state index contributed by atoms with van der Waals surface area (Å²) in [6.07, 6.45) is 0. The van der Waals surface area contributed by atoms with Crippen LogP contribution in [0.3, 0.4) is 0 Å². The van der Waals surface area contributed by atoms with Gasteiger partial charge in [-0.05, 0) is 17.7 Å². The first-order valence-corrected chi connectivity index (χ1v) is 7.02. The fraction of sp³-hybridized carbons (Fsp3) is 0.294. The van der Waals surface area contributed by atoms with Gasteiger partial charge in [-0.3, -0.25) is 0 Å². The third-order valence-corrected chi connectivity index (χ3v) is 3.09. The summed E-state index contributed by atoms with van der Waals surface area (Å²) in [6.45, 7) is 1.74. The van der Waals surface area contributed by atoms with Crippen molar-refractivity contribution in [3.05, 3.63) is 53.8 Å². The van der Waals surface area contributed by atoms with Gasteiger partial charge in [0, 0.05) is 31.3 Å². The zero-order chi connectivity index (χ0) is 15.8. The van der Waals surface area contributed by atoms with E-state index in [1.54, 1.807) is 38.5 Å². The predicted octanol–water partition coefficient (Wildman–Crippen LogP) is 3.01. The summed E-state index contributed by atoms with van der Waals surface area (Å²) in [6, 6.07) is 11.9. The minimum atomic E-state index is -0.223. The van der Waals surface area contributed by atoms with Gasteiger partial charge in [0.15, 0.2) is 0 Å². The van der Waals surface area contributed by atoms with Crippen LogP contribution in [0.5, 0.6) is 17.2 Å². The average molecular weight is 305 g/mol. The third kappa shape index (κ3) is 4.93. The molecule has 0 atom stereocenters. The first-order valence-electron chi connectivity index (χ1n) is 7.02. The summed E-state index contributed by atoms with van der Waals surface area (Å²) < 4.78 is 29.1. The van der Waals surface area contributed by atoms with Gasteiger partial charge in [-0.2, -0.15) is 0 Å². The first kappa shape index (κ1) is 16.1. The highest BCUT2D eigenvalue weighted by atomic mass is 19.1. The van der Waals surface area contributed by atoms with E-state index in [2.05, 4.69) is 5.32 Å². The highest BCUT2D eigenvalue weighted by molar-refractivity contribution is 5.41. The number of hydrogen-bond acceptors (Lipinski definition) is 4. The van der Waals surface area contributed by atoms with Crippen molar-refractivity contribution in [3.8, 4) is 17.2 Å². The lowest BCUT2D eigenvalue weighted by Crippen LogP contribution is -2.20. The van der Waals surface area contributed by atoms with Crippen molar-refractivity contribution in [3.63, 3.8) is 0 Å². The Morgan fingerprint density at radius 2 is 1.64 bits per heavy atom. The van der Waals surface area contributed by atoms with E-state index in [0.29, 0.717) is 36.9 Å². The summed E-state index contributed by atoms with van der Waals surface area (Å²) >= 11 is 0. The third-order valence-electron chi connectivity index (χ3n) is 3.09. The molecule has 0 bridgehead atoms. The monoisotopic (exact) mass is 305 g/mol. The molecular weight excluding hydrogens is 285 g/mol. The Morgan fingerprint density at radius 3 is 2.27 bits per heavy atom. The van der Waals surface area contributed by atoms with E-state index in [1.165, 1.54) is 12.1 Å². The van der Waals surface area contributed by atoms with Crippen LogP contribution in [-0.2, 0) is 6.54 Å². The SMILES string of the molecule is COc1cc(OC)cc(OCCNCc2cccc(F)c2)c1. The van der Waals surface area contributed by atoms with Crippen LogP contribution in [-0.4, -0.2) is 27.4 Å². The molecule has 2 aromatic rings. The number of halogens is 1. The molecule has 4 nitrogen and oxygen atoms in total. The summed E-state index contributed by atoms with van der Waals surface area (Å²) in [7, 11) is 3.19. The van der Waals surface area contributed by atoms with Crippen LogP contribution >= 0.6 is 0 Å². The molecule has 2 rings (SSSR count). The molecule has 2 aromatic carbocycles. The van der Waals surface area contributed by atoms with E-state index in [-0.39, 0.29) is 5.82 Å². The molecule has 0 aliphatic carbocycles. The fourth-order valence-electron chi connectivity index (χ4n) is 1.99. The molecule has 0 fully saturated rings. The van der Waals surface area contributed by atoms with E-state index in [1.807, 2.05) is 6.07 Å². The summed E-state index contributed by atoms with van der Waals surface area (Å²) in [5.41, 5.74) is 0.906. The van der Waals surface area contributed by atoms with Gasteiger partial charge in [0.05, 0.1) is 14.2 Å². The number of methoxy groups -OCH3 is 2. The van der Waals surface area contributed by atoms with Gasteiger partial charge in [0.25, 0.3) is 0 Å². The number of nitrogens with one attached hydrogen (secondary N) is 1. The van der Waals surface area contributed by atoms with Crippen LogP contribution in [0.4, 0.5) is 4.39 Å². The van der Waals surface area contributed by atoms with E-state index in [4.69, 9.17) is 14.2 Å². The molecule has 0 heterocycles. The van der Waals surface area contributed by atoms with Crippen LogP contribution in [0.15, 0.2) is 42.5 Å². The first-order chi connectivity index (χ1) is 10.7. The van der Waals surface area contributed by atoms with Crippen LogP contribution in [0.25, 0.3) is 0 Å². The van der Waals surface area contributed by atoms with Gasteiger partial charge in [-0.1, -0.05) is 12.1 Å². The number of benzene rings is 2. The zero-order valence-electron chi connectivity index (χ0n) is 12.8. The van der Waals surface area contributed by atoms with Crippen LogP contribution in [0.2, 0.25) is 0 Å². The van der Waals surface area contributed by atoms with Crippen molar-refractivity contribution < 1.29 is 18.6 Å². The molecule has 0 radical (unpaired) electrons. The Morgan fingerprint density at radius 1 is 0.955 bits per heavy atom. The molecule has 0 aromatic heterocycles. The van der Waals surface area contributed by atoms with Crippen LogP contribution in [0.1, 0.15) is 5.56 Å². The molecule has 22 heavy (non-hydrogen) atoms. The maximum absolute atomic E-state index is 13.0. The number of rotatable bonds is 8. The Kier molecular flexibility index (Phi) is 6.03. The molecule has 118 valence electrons. The average Bonchev–Trinajstić information content (AvgIpc) is 2.54. The molecule has 0 aliphatic rings. The predicted molar refractivity (Wildman–Crippen MR) is 83.1 cm³/mol. The van der Waals surface area contributed by atoms with E-state index >= 15 is 0 Å². The summed E-state index contributed by atoms with van der Waals surface area (Å²) in [5, 5.41) is 3.20. The maximum Gasteiger partial charge on any atom is 0.126 e. The van der Waals surface area contributed by atoms with Crippen molar-refractivity contribution in [2.24, 2.45) is 0 Å². The molecule has 0 unspecified atom stereocenters. The number of hydrogen-bond donors (Lipinski definition) is 1. The zero-order valence-corrected chi connectivity index (χ0v) is 12.8. The maximum atomic E-state index is 13.0. The molecule has 0 spiro atoms. The Bertz CT molecular complexity index is 582. The standard InChI is InChI=1S/C17H20FNO3/c1-20-15-9-16(21-2)11-17(10-15)22-7-6-19-12-13-4-3-5-14(18)8-13/h3-5,8-11,19H,6-7,12H2,1-2H3. The van der Waals surface area contributed by atoms with Crippen LogP contribution < -0.4 is 19.5 Å². The largest absolute Gasteiger partial charge is 0.496 e. The molecule has 0 saturated carbocycles. The minimum absolute atomic E-state index is 0.223. The second-order valence-electron chi connectivity index (χ2n) is 4.70. The van der Waals surface area contributed by atoms with Gasteiger partial charge in [0.2, 0.25) is 0 Å². The lowest BCUT2D eigenvalue weighted by molar-refractivity contribution is 0.307. The fourth-order valence-corrected chi connectivity index (χ4v) is 1.99. The molecule has 1 N–H and O–H groups in total. The minimum Gasteiger partial charge on any atom is -0.496 e. The Hall–Kier alpha value is -2.27. The molecule has 5 heteroatoms. The van der Waals surface area contributed by atoms with Crippen molar-refractivity contribution >= 4 is 0 Å². The Balaban J connectivity index is 1.76. The van der Waals surface area contributed by atoms with E-state index < -0.39 is 0 Å². The van der Waals surface area contributed by atoms with Gasteiger partial charge < -0.3 is 19.5 Å². The second kappa shape index (κ2) is 8.24. The summed E-state index contributed by atoms with van der Waals surface area (Å²) in [4.78, 5) is 0. The van der Waals surface area contributed by atoms with Crippen molar-refractivity contribution in [1.82, 2.24) is 5.32 Å². The Labute approximate surface area is 129 Å². The van der Waals surface area contributed by atoms with Crippen molar-refractivity contribution in [2.45, 2.75) is 6.54 Å². The molecule has 0 amide bonds. The lowest BCUT2D eigenvalue weighted by atomic mass is 10.2. The summed E-state index contributed by atoms with van der Waals surface area (Å²) in [5.74, 6) is 1.83. The van der Waals surface area contributed by atoms with Crippen molar-refractivity contribution in [2.75, 3.05) is 27.4 Å². The molecule has 0 saturated heterocycles. The topological polar surface area (TPSA) is 39.7 Å². The second-order valence-corrected chi connectivity index (χ2v) is 4.70. The van der Waals surface area contributed by atoms with Crippen molar-refractivity contribution in [1.29, 1.82) is 0 Å². The van der Waals surface area contributed by atoms with Crippen LogP contribution in [0, 0.1) is 5.82 Å². The van der Waals surface area contributed by atoms with Gasteiger partial charge in [-0.25, -0.2) is 4.39 Å². The smallest absolute Gasteiger partial charge is 0.126 e. The molecule has 0 aliphatic heterocycles. The van der Waals surface area contributed by atoms with Gasteiger partial charge >= 0.3 is 0 Å². The van der Waals surface area contributed by atoms with E-state index in [0.717, 1.165) is 5.56 Å². The lowest BCUT2D eigenvalue weighted by Gasteiger charge is -2.11. The normalized spacial score (nSPS) is 10.3. The van der Waals surface area contributed by atoms with Gasteiger partial charge in [0.1, 0.15) is 29.7 Å². The molecular formula is C17H20FNO3. The number of ether oxygens (including phenoxy) is 3. The quantitative estimate of drug-likeness (QED) is 0.761. The van der Waals surface area contributed by atoms with E-state index in [9.17, 15) is 4.39 Å². The highest BCUT2D eigenvalue weighted by Crippen LogP contribution is 2.27. The highest BCUT2D eigenvalue weighted by Gasteiger charge is 2.02.